The van der Waals surface area contributed by atoms with E-state index in [1.807, 2.05) is 0 Å². The van der Waals surface area contributed by atoms with Gasteiger partial charge in [0.1, 0.15) is 0 Å². The largest absolute Gasteiger partial charge is 0.357 e. The van der Waals surface area contributed by atoms with Gasteiger partial charge in [0.2, 0.25) is 0 Å². The van der Waals surface area contributed by atoms with Crippen molar-refractivity contribution in [3.8, 4) is 0 Å². The first-order valence-electron chi connectivity index (χ1n) is 4.04. The minimum atomic E-state index is -0.258. The monoisotopic (exact) mass is 153 g/mol. The lowest BCUT2D eigenvalue weighted by Crippen LogP contribution is -1.92. The van der Waals surface area contributed by atoms with Crippen LogP contribution < -0.4 is 5.63 Å². The maximum atomic E-state index is 10.6. The zero-order valence-corrected chi connectivity index (χ0v) is 6.30. The van der Waals surface area contributed by atoms with Crippen LogP contribution in [-0.2, 0) is 0 Å². The van der Waals surface area contributed by atoms with Crippen LogP contribution in [0.25, 0.3) is 0 Å². The van der Waals surface area contributed by atoms with Crippen LogP contribution in [0.2, 0.25) is 0 Å². The molecule has 2 rings (SSSR count). The molecule has 1 aliphatic carbocycles. The third-order valence-electron chi connectivity index (χ3n) is 2.34. The summed E-state index contributed by atoms with van der Waals surface area (Å²) in [6.45, 7) is 0. The fourth-order valence-corrected chi connectivity index (χ4v) is 1.73. The first-order chi connectivity index (χ1) is 5.36. The summed E-state index contributed by atoms with van der Waals surface area (Å²) in [6.07, 6.45) is 4.93. The lowest BCUT2D eigenvalue weighted by atomic mass is 10.1. The molecule has 1 aromatic heterocycles. The highest BCUT2D eigenvalue weighted by Crippen LogP contribution is 2.32. The van der Waals surface area contributed by atoms with E-state index in [0.29, 0.717) is 5.92 Å². The van der Waals surface area contributed by atoms with Gasteiger partial charge in [-0.3, -0.25) is 0 Å². The Morgan fingerprint density at radius 1 is 1.45 bits per heavy atom. The summed E-state index contributed by atoms with van der Waals surface area (Å²) in [4.78, 5) is 10.6. The summed E-state index contributed by atoms with van der Waals surface area (Å²) in [5, 5.41) is 2.66. The van der Waals surface area contributed by atoms with Crippen molar-refractivity contribution in [2.75, 3.05) is 0 Å². The second-order valence-corrected chi connectivity index (χ2v) is 3.10. The Bertz CT molecular complexity index is 280. The number of aromatic amines is 1. The Morgan fingerprint density at radius 2 is 2.18 bits per heavy atom. The van der Waals surface area contributed by atoms with Crippen LogP contribution in [0.15, 0.2) is 15.4 Å². The quantitative estimate of drug-likeness (QED) is 0.666. The second kappa shape index (κ2) is 2.57. The van der Waals surface area contributed by atoms with E-state index in [0.717, 1.165) is 5.69 Å². The molecule has 1 N–H and O–H groups in total. The van der Waals surface area contributed by atoms with Gasteiger partial charge in [-0.1, -0.05) is 12.8 Å². The van der Waals surface area contributed by atoms with Gasteiger partial charge >= 0.3 is 5.63 Å². The van der Waals surface area contributed by atoms with Crippen LogP contribution in [0.4, 0.5) is 0 Å². The van der Waals surface area contributed by atoms with E-state index < -0.39 is 0 Å². The van der Waals surface area contributed by atoms with Gasteiger partial charge in [0.15, 0.2) is 0 Å². The third kappa shape index (κ3) is 1.23. The van der Waals surface area contributed by atoms with Crippen molar-refractivity contribution in [2.45, 2.75) is 31.6 Å². The minimum Gasteiger partial charge on any atom is -0.339 e. The summed E-state index contributed by atoms with van der Waals surface area (Å²) in [7, 11) is 0. The predicted octanol–water partition coefficient (Wildman–Crippen LogP) is 1.63. The van der Waals surface area contributed by atoms with Crippen LogP contribution in [0.1, 0.15) is 37.3 Å². The fraction of sp³-hybridized carbons (Fsp3) is 0.625. The standard InChI is InChI=1S/C8H11NO2/c10-8-5-7(9-11-8)6-3-1-2-4-6/h5-6,9H,1-4H2. The predicted molar refractivity (Wildman–Crippen MR) is 40.5 cm³/mol. The summed E-state index contributed by atoms with van der Waals surface area (Å²) in [6, 6.07) is 1.57. The average Bonchev–Trinajstić information content (AvgIpc) is 2.55. The number of hydrogen-bond donors (Lipinski definition) is 1. The van der Waals surface area contributed by atoms with Crippen molar-refractivity contribution in [3.63, 3.8) is 0 Å². The molecule has 60 valence electrons. The second-order valence-electron chi connectivity index (χ2n) is 3.10. The van der Waals surface area contributed by atoms with E-state index in [4.69, 9.17) is 0 Å². The first-order valence-corrected chi connectivity index (χ1v) is 4.04. The molecule has 3 nitrogen and oxygen atoms in total. The summed E-state index contributed by atoms with van der Waals surface area (Å²) >= 11 is 0. The Balaban J connectivity index is 2.21. The normalized spacial score (nSPS) is 19.3. The molecule has 0 aromatic carbocycles. The molecular weight excluding hydrogens is 142 g/mol. The van der Waals surface area contributed by atoms with Gasteiger partial charge in [-0.25, -0.2) is 9.95 Å². The molecule has 0 bridgehead atoms. The Labute approximate surface area is 64.4 Å². The van der Waals surface area contributed by atoms with Crippen LogP contribution in [0.3, 0.4) is 0 Å². The first kappa shape index (κ1) is 6.70. The summed E-state index contributed by atoms with van der Waals surface area (Å²) in [5.74, 6) is 0.543. The van der Waals surface area contributed by atoms with E-state index >= 15 is 0 Å². The molecule has 0 spiro atoms. The van der Waals surface area contributed by atoms with Gasteiger partial charge in [-0.15, -0.1) is 0 Å². The smallest absolute Gasteiger partial charge is 0.339 e. The van der Waals surface area contributed by atoms with Crippen molar-refractivity contribution in [2.24, 2.45) is 0 Å². The van der Waals surface area contributed by atoms with Crippen LogP contribution in [-0.4, -0.2) is 5.16 Å². The van der Waals surface area contributed by atoms with Gasteiger partial charge in [-0.05, 0) is 12.8 Å². The molecule has 11 heavy (non-hydrogen) atoms. The molecule has 1 aromatic rings. The highest BCUT2D eigenvalue weighted by Gasteiger charge is 2.18. The fourth-order valence-electron chi connectivity index (χ4n) is 1.73. The summed E-state index contributed by atoms with van der Waals surface area (Å²) in [5.41, 5.74) is 0.722. The highest BCUT2D eigenvalue weighted by molar-refractivity contribution is 5.05. The zero-order chi connectivity index (χ0) is 7.68. The minimum absolute atomic E-state index is 0.258. The molecule has 0 amide bonds. The van der Waals surface area contributed by atoms with E-state index in [2.05, 4.69) is 9.68 Å². The van der Waals surface area contributed by atoms with E-state index in [1.165, 1.54) is 25.7 Å². The van der Waals surface area contributed by atoms with Gasteiger partial charge in [0, 0.05) is 12.0 Å². The average molecular weight is 153 g/mol. The number of rotatable bonds is 1. The van der Waals surface area contributed by atoms with E-state index in [1.54, 1.807) is 6.07 Å². The number of hydrogen-bond acceptors (Lipinski definition) is 2. The molecule has 0 aliphatic heterocycles. The molecule has 0 radical (unpaired) electrons. The topological polar surface area (TPSA) is 46.0 Å². The molecular formula is C8H11NO2. The van der Waals surface area contributed by atoms with Gasteiger partial charge in [0.05, 0.1) is 5.69 Å². The zero-order valence-electron chi connectivity index (χ0n) is 6.30. The maximum absolute atomic E-state index is 10.6. The highest BCUT2D eigenvalue weighted by atomic mass is 16.5. The third-order valence-corrected chi connectivity index (χ3v) is 2.34. The Kier molecular flexibility index (Phi) is 1.56. The van der Waals surface area contributed by atoms with Gasteiger partial charge in [-0.2, -0.15) is 0 Å². The van der Waals surface area contributed by atoms with E-state index in [-0.39, 0.29) is 5.63 Å². The lowest BCUT2D eigenvalue weighted by molar-refractivity contribution is 0.380. The summed E-state index contributed by atoms with van der Waals surface area (Å²) < 4.78 is 4.60. The van der Waals surface area contributed by atoms with Crippen LogP contribution >= 0.6 is 0 Å². The maximum Gasteiger partial charge on any atom is 0.357 e. The van der Waals surface area contributed by atoms with Crippen molar-refractivity contribution >= 4 is 0 Å². The van der Waals surface area contributed by atoms with Crippen LogP contribution in [0, 0.1) is 0 Å². The molecule has 1 heterocycles. The lowest BCUT2D eigenvalue weighted by Gasteiger charge is -2.01. The van der Waals surface area contributed by atoms with E-state index in [9.17, 15) is 4.79 Å². The molecule has 0 unspecified atom stereocenters. The van der Waals surface area contributed by atoms with Gasteiger partial charge in [0.25, 0.3) is 0 Å². The van der Waals surface area contributed by atoms with Crippen LogP contribution in [0.5, 0.6) is 0 Å². The van der Waals surface area contributed by atoms with Gasteiger partial charge < -0.3 is 4.52 Å². The Hall–Kier alpha value is -0.990. The SMILES string of the molecule is O=c1cc(C2CCCC2)[nH]o1. The van der Waals surface area contributed by atoms with Crippen molar-refractivity contribution in [1.29, 1.82) is 0 Å². The number of aromatic nitrogens is 1. The molecule has 1 aliphatic rings. The molecule has 1 fully saturated rings. The molecule has 1 saturated carbocycles. The molecule has 3 heteroatoms. The Morgan fingerprint density at radius 3 is 2.73 bits per heavy atom. The number of nitrogens with one attached hydrogen (secondary N) is 1. The molecule has 0 atom stereocenters. The van der Waals surface area contributed by atoms with Crippen molar-refractivity contribution < 1.29 is 4.52 Å². The molecule has 0 saturated heterocycles. The number of H-pyrrole nitrogens is 1. The van der Waals surface area contributed by atoms with Crippen molar-refractivity contribution in [1.82, 2.24) is 5.16 Å². The van der Waals surface area contributed by atoms with Crippen molar-refractivity contribution in [3.05, 3.63) is 22.2 Å².